The molecule has 0 saturated carbocycles. The molecule has 19 heavy (non-hydrogen) atoms. The van der Waals surface area contributed by atoms with Gasteiger partial charge in [-0.3, -0.25) is 0 Å². The lowest BCUT2D eigenvalue weighted by atomic mass is 10.0. The van der Waals surface area contributed by atoms with Crippen molar-refractivity contribution in [3.63, 3.8) is 0 Å². The summed E-state index contributed by atoms with van der Waals surface area (Å²) in [6.07, 6.45) is 1.93. The van der Waals surface area contributed by atoms with Crippen LogP contribution >= 0.6 is 0 Å². The van der Waals surface area contributed by atoms with E-state index in [2.05, 4.69) is 11.8 Å². The number of halogens is 1. The van der Waals surface area contributed by atoms with E-state index >= 15 is 0 Å². The molecule has 1 aliphatic heterocycles. The summed E-state index contributed by atoms with van der Waals surface area (Å²) < 4.78 is 24.2. The van der Waals surface area contributed by atoms with Gasteiger partial charge in [-0.1, -0.05) is 11.8 Å². The fraction of sp³-hybridized carbons (Fsp3) is 0.467. The van der Waals surface area contributed by atoms with Crippen LogP contribution < -0.4 is 4.74 Å². The van der Waals surface area contributed by atoms with Crippen molar-refractivity contribution in [1.29, 1.82) is 0 Å². The summed E-state index contributed by atoms with van der Waals surface area (Å²) in [7, 11) is 0. The van der Waals surface area contributed by atoms with Gasteiger partial charge in [0.05, 0.1) is 12.2 Å². The zero-order chi connectivity index (χ0) is 13.5. The van der Waals surface area contributed by atoms with Gasteiger partial charge in [-0.05, 0) is 30.9 Å². The zero-order valence-corrected chi connectivity index (χ0v) is 10.7. The third kappa shape index (κ3) is 4.23. The smallest absolute Gasteiger partial charge is 0.137 e. The Labute approximate surface area is 112 Å². The number of aliphatic hydroxyl groups excluding tert-OH is 1. The van der Waals surface area contributed by atoms with Gasteiger partial charge in [0, 0.05) is 19.3 Å². The van der Waals surface area contributed by atoms with E-state index in [1.165, 1.54) is 12.1 Å². The maximum absolute atomic E-state index is 13.2. The van der Waals surface area contributed by atoms with Gasteiger partial charge in [0.25, 0.3) is 0 Å². The van der Waals surface area contributed by atoms with Crippen LogP contribution in [-0.4, -0.2) is 31.5 Å². The van der Waals surface area contributed by atoms with E-state index < -0.39 is 0 Å². The van der Waals surface area contributed by atoms with Crippen molar-refractivity contribution in [1.82, 2.24) is 0 Å². The highest BCUT2D eigenvalue weighted by Crippen LogP contribution is 2.22. The predicted octanol–water partition coefficient (Wildman–Crippen LogP) is 1.97. The highest BCUT2D eigenvalue weighted by atomic mass is 19.1. The third-order valence-electron chi connectivity index (χ3n) is 3.06. The van der Waals surface area contributed by atoms with Gasteiger partial charge in [-0.25, -0.2) is 4.39 Å². The Morgan fingerprint density at radius 2 is 2.16 bits per heavy atom. The van der Waals surface area contributed by atoms with Crippen molar-refractivity contribution in [3.05, 3.63) is 29.6 Å². The summed E-state index contributed by atoms with van der Waals surface area (Å²) in [6.45, 7) is 1.83. The van der Waals surface area contributed by atoms with Gasteiger partial charge in [0.15, 0.2) is 0 Å². The molecule has 0 atom stereocenters. The van der Waals surface area contributed by atoms with Gasteiger partial charge in [0.1, 0.15) is 18.2 Å². The van der Waals surface area contributed by atoms with Crippen molar-refractivity contribution < 1.29 is 19.0 Å². The van der Waals surface area contributed by atoms with Gasteiger partial charge in [-0.2, -0.15) is 0 Å². The quantitative estimate of drug-likeness (QED) is 0.848. The van der Waals surface area contributed by atoms with Crippen LogP contribution in [0.1, 0.15) is 18.4 Å². The lowest BCUT2D eigenvalue weighted by Crippen LogP contribution is -2.21. The van der Waals surface area contributed by atoms with E-state index in [1.54, 1.807) is 6.07 Å². The number of hydrogen-bond donors (Lipinski definition) is 1. The molecule has 1 N–H and O–H groups in total. The number of ether oxygens (including phenoxy) is 2. The molecule has 102 valence electrons. The maximum atomic E-state index is 13.2. The minimum atomic E-state index is -0.350. The molecule has 0 aromatic heterocycles. The van der Waals surface area contributed by atoms with Crippen LogP contribution in [0.25, 0.3) is 0 Å². The SMILES string of the molecule is OCC#Cc1ccc(F)cc1OCC1CCOCC1. The van der Waals surface area contributed by atoms with Crippen molar-refractivity contribution in [2.24, 2.45) is 5.92 Å². The second kappa shape index (κ2) is 7.13. The molecule has 0 amide bonds. The molecule has 2 rings (SSSR count). The zero-order valence-electron chi connectivity index (χ0n) is 10.7. The normalized spacial score (nSPS) is 15.7. The van der Waals surface area contributed by atoms with Crippen LogP contribution in [0.15, 0.2) is 18.2 Å². The first kappa shape index (κ1) is 13.9. The summed E-state index contributed by atoms with van der Waals surface area (Å²) >= 11 is 0. The first-order valence-electron chi connectivity index (χ1n) is 6.39. The number of benzene rings is 1. The lowest BCUT2D eigenvalue weighted by molar-refractivity contribution is 0.0496. The molecule has 0 aliphatic carbocycles. The fourth-order valence-electron chi connectivity index (χ4n) is 1.97. The molecular weight excluding hydrogens is 247 g/mol. The Hall–Kier alpha value is -1.57. The second-order valence-electron chi connectivity index (χ2n) is 4.47. The average Bonchev–Trinajstić information content (AvgIpc) is 2.45. The van der Waals surface area contributed by atoms with E-state index in [9.17, 15) is 4.39 Å². The summed E-state index contributed by atoms with van der Waals surface area (Å²) in [5, 5.41) is 8.70. The van der Waals surface area contributed by atoms with Crippen molar-refractivity contribution in [3.8, 4) is 17.6 Å². The first-order valence-corrected chi connectivity index (χ1v) is 6.39. The second-order valence-corrected chi connectivity index (χ2v) is 4.47. The Morgan fingerprint density at radius 3 is 2.89 bits per heavy atom. The molecule has 1 aromatic carbocycles. The third-order valence-corrected chi connectivity index (χ3v) is 3.06. The summed E-state index contributed by atoms with van der Waals surface area (Å²) in [6, 6.07) is 4.24. The molecule has 3 nitrogen and oxygen atoms in total. The van der Waals surface area contributed by atoms with Crippen LogP contribution in [0, 0.1) is 23.6 Å². The number of rotatable bonds is 3. The molecule has 0 unspecified atom stereocenters. The largest absolute Gasteiger partial charge is 0.492 e. The Bertz CT molecular complexity index is 470. The Morgan fingerprint density at radius 1 is 1.37 bits per heavy atom. The predicted molar refractivity (Wildman–Crippen MR) is 69.4 cm³/mol. The van der Waals surface area contributed by atoms with E-state index in [4.69, 9.17) is 14.6 Å². The van der Waals surface area contributed by atoms with Gasteiger partial charge in [0.2, 0.25) is 0 Å². The lowest BCUT2D eigenvalue weighted by Gasteiger charge is -2.22. The standard InChI is InChI=1S/C15H17FO3/c16-14-4-3-13(2-1-7-17)15(10-14)19-11-12-5-8-18-9-6-12/h3-4,10,12,17H,5-9,11H2. The fourth-order valence-corrected chi connectivity index (χ4v) is 1.97. The molecule has 1 saturated heterocycles. The van der Waals surface area contributed by atoms with Crippen molar-refractivity contribution in [2.45, 2.75) is 12.8 Å². The Kier molecular flexibility index (Phi) is 5.20. The average molecular weight is 264 g/mol. The van der Waals surface area contributed by atoms with E-state index in [0.29, 0.717) is 23.8 Å². The molecule has 0 spiro atoms. The van der Waals surface area contributed by atoms with Crippen LogP contribution in [0.4, 0.5) is 4.39 Å². The minimum Gasteiger partial charge on any atom is -0.492 e. The summed E-state index contributed by atoms with van der Waals surface area (Å²) in [5.74, 6) is 5.83. The highest BCUT2D eigenvalue weighted by molar-refractivity contribution is 5.46. The van der Waals surface area contributed by atoms with Crippen molar-refractivity contribution >= 4 is 0 Å². The molecule has 1 heterocycles. The molecule has 1 aromatic rings. The van der Waals surface area contributed by atoms with E-state index in [1.807, 2.05) is 0 Å². The monoisotopic (exact) mass is 264 g/mol. The summed E-state index contributed by atoms with van der Waals surface area (Å²) in [5.41, 5.74) is 0.600. The van der Waals surface area contributed by atoms with E-state index in [-0.39, 0.29) is 12.4 Å². The number of hydrogen-bond acceptors (Lipinski definition) is 3. The molecular formula is C15H17FO3. The van der Waals surface area contributed by atoms with Crippen LogP contribution in [-0.2, 0) is 4.74 Å². The van der Waals surface area contributed by atoms with Crippen LogP contribution in [0.3, 0.4) is 0 Å². The topological polar surface area (TPSA) is 38.7 Å². The molecule has 1 aliphatic rings. The van der Waals surface area contributed by atoms with Gasteiger partial charge >= 0.3 is 0 Å². The van der Waals surface area contributed by atoms with Crippen LogP contribution in [0.2, 0.25) is 0 Å². The minimum absolute atomic E-state index is 0.225. The van der Waals surface area contributed by atoms with Crippen LogP contribution in [0.5, 0.6) is 5.75 Å². The molecule has 4 heteroatoms. The number of aliphatic hydroxyl groups is 1. The molecule has 0 radical (unpaired) electrons. The highest BCUT2D eigenvalue weighted by Gasteiger charge is 2.15. The Balaban J connectivity index is 2.02. The summed E-state index contributed by atoms with van der Waals surface area (Å²) in [4.78, 5) is 0. The first-order chi connectivity index (χ1) is 9.29. The molecule has 0 bridgehead atoms. The van der Waals surface area contributed by atoms with Crippen molar-refractivity contribution in [2.75, 3.05) is 26.4 Å². The van der Waals surface area contributed by atoms with E-state index in [0.717, 1.165) is 26.1 Å². The molecule has 1 fully saturated rings. The van der Waals surface area contributed by atoms with Gasteiger partial charge < -0.3 is 14.6 Å². The van der Waals surface area contributed by atoms with Gasteiger partial charge in [-0.15, -0.1) is 0 Å². The maximum Gasteiger partial charge on any atom is 0.137 e.